The lowest BCUT2D eigenvalue weighted by Gasteiger charge is -1.81. The van der Waals surface area contributed by atoms with Crippen LogP contribution in [-0.4, -0.2) is 12.1 Å². The highest BCUT2D eigenvalue weighted by Crippen LogP contribution is 2.50. The Kier molecular flexibility index (Phi) is 0.674. The predicted octanol–water partition coefficient (Wildman–Crippen LogP) is 1.61. The zero-order valence-electron chi connectivity index (χ0n) is 3.79. The second-order valence-corrected chi connectivity index (χ2v) is 1.86. The van der Waals surface area contributed by atoms with Crippen LogP contribution in [0.3, 0.4) is 0 Å². The molecule has 42 valence electrons. The lowest BCUT2D eigenvalue weighted by atomic mass is 10.5. The summed E-state index contributed by atoms with van der Waals surface area (Å²) in [5, 5.41) is 0. The van der Waals surface area contributed by atoms with Crippen molar-refractivity contribution < 1.29 is 13.2 Å². The first kappa shape index (κ1) is 4.94. The van der Waals surface area contributed by atoms with Crippen molar-refractivity contribution in [1.82, 2.24) is 0 Å². The van der Waals surface area contributed by atoms with Gasteiger partial charge in [0.25, 0.3) is 5.92 Å². The highest BCUT2D eigenvalue weighted by Gasteiger charge is 2.66. The fourth-order valence-electron chi connectivity index (χ4n) is 0.432. The van der Waals surface area contributed by atoms with Crippen LogP contribution in [-0.2, 0) is 0 Å². The summed E-state index contributed by atoms with van der Waals surface area (Å²) < 4.78 is 34.6. The second kappa shape index (κ2) is 0.956. The highest BCUT2D eigenvalue weighted by molar-refractivity contribution is 5.03. The van der Waals surface area contributed by atoms with E-state index in [4.69, 9.17) is 0 Å². The van der Waals surface area contributed by atoms with Gasteiger partial charge in [-0.15, -0.1) is 0 Å². The fraction of sp³-hybridized carbons (Fsp3) is 1.00. The van der Waals surface area contributed by atoms with Crippen LogP contribution >= 0.6 is 0 Å². The van der Waals surface area contributed by atoms with Gasteiger partial charge < -0.3 is 0 Å². The molecule has 1 aliphatic carbocycles. The van der Waals surface area contributed by atoms with Crippen LogP contribution < -0.4 is 0 Å². The minimum absolute atomic E-state index is 1.03. The minimum atomic E-state index is -3.00. The zero-order chi connectivity index (χ0) is 5.65. The van der Waals surface area contributed by atoms with E-state index in [1.165, 1.54) is 6.92 Å². The van der Waals surface area contributed by atoms with Gasteiger partial charge in [-0.3, -0.25) is 0 Å². The molecule has 0 aliphatic heterocycles. The number of halogens is 3. The molecule has 7 heavy (non-hydrogen) atoms. The largest absolute Gasteiger partial charge is 0.284 e. The normalized spacial score (nSPS) is 46.3. The van der Waals surface area contributed by atoms with Crippen LogP contribution in [0.2, 0.25) is 0 Å². The molecule has 0 N–H and O–H groups in total. The maximum Gasteiger partial charge on any atom is 0.284 e. The van der Waals surface area contributed by atoms with Crippen molar-refractivity contribution in [3.63, 3.8) is 0 Å². The summed E-state index contributed by atoms with van der Waals surface area (Å²) in [5.41, 5.74) is 0. The minimum Gasteiger partial charge on any atom is -0.240 e. The molecule has 0 bridgehead atoms. The van der Waals surface area contributed by atoms with E-state index in [1.54, 1.807) is 0 Å². The predicted molar refractivity (Wildman–Crippen MR) is 19.0 cm³/mol. The summed E-state index contributed by atoms with van der Waals surface area (Å²) in [4.78, 5) is 0. The summed E-state index contributed by atoms with van der Waals surface area (Å²) in [5.74, 6) is -4.03. The topological polar surface area (TPSA) is 0 Å². The van der Waals surface area contributed by atoms with Gasteiger partial charge in [0, 0.05) is 0 Å². The zero-order valence-corrected chi connectivity index (χ0v) is 3.79. The van der Waals surface area contributed by atoms with Gasteiger partial charge in [-0.1, -0.05) is 6.92 Å². The van der Waals surface area contributed by atoms with Crippen LogP contribution in [0.15, 0.2) is 0 Å². The Morgan fingerprint density at radius 3 is 1.57 bits per heavy atom. The van der Waals surface area contributed by atoms with E-state index in [-0.39, 0.29) is 0 Å². The Labute approximate surface area is 39.3 Å². The molecule has 0 radical (unpaired) electrons. The summed E-state index contributed by atoms with van der Waals surface area (Å²) in [7, 11) is 0. The number of hydrogen-bond donors (Lipinski definition) is 0. The average molecular weight is 110 g/mol. The third-order valence-electron chi connectivity index (χ3n) is 1.30. The molecule has 0 nitrogen and oxygen atoms in total. The second-order valence-electron chi connectivity index (χ2n) is 1.86. The SMILES string of the molecule is CC1C(F)C1(F)F. The first-order chi connectivity index (χ1) is 3.07. The van der Waals surface area contributed by atoms with Gasteiger partial charge in [-0.05, 0) is 0 Å². The summed E-state index contributed by atoms with van der Waals surface area (Å²) >= 11 is 0. The molecule has 3 heteroatoms. The molecule has 0 heterocycles. The van der Waals surface area contributed by atoms with Gasteiger partial charge in [-0.2, -0.15) is 0 Å². The molecule has 0 spiro atoms. The Balaban J connectivity index is 2.52. The van der Waals surface area contributed by atoms with Crippen molar-refractivity contribution in [2.45, 2.75) is 19.0 Å². The summed E-state index contributed by atoms with van der Waals surface area (Å²) in [6, 6.07) is 0. The molecular formula is C4H5F3. The lowest BCUT2D eigenvalue weighted by molar-refractivity contribution is 0.0775. The van der Waals surface area contributed by atoms with Crippen LogP contribution in [0.1, 0.15) is 6.92 Å². The molecule has 1 saturated carbocycles. The lowest BCUT2D eigenvalue weighted by Crippen LogP contribution is -1.91. The highest BCUT2D eigenvalue weighted by atomic mass is 19.3. The third kappa shape index (κ3) is 0.437. The Bertz CT molecular complexity index is 78.9. The monoisotopic (exact) mass is 110 g/mol. The van der Waals surface area contributed by atoms with Crippen molar-refractivity contribution in [3.8, 4) is 0 Å². The number of hydrogen-bond acceptors (Lipinski definition) is 0. The molecule has 2 unspecified atom stereocenters. The Morgan fingerprint density at radius 2 is 1.57 bits per heavy atom. The molecule has 1 fully saturated rings. The van der Waals surface area contributed by atoms with Gasteiger partial charge in [0.1, 0.15) is 0 Å². The van der Waals surface area contributed by atoms with E-state index >= 15 is 0 Å². The smallest absolute Gasteiger partial charge is 0.240 e. The first-order valence-electron chi connectivity index (χ1n) is 2.08. The molecule has 0 saturated heterocycles. The van der Waals surface area contributed by atoms with Gasteiger partial charge >= 0.3 is 0 Å². The van der Waals surface area contributed by atoms with E-state index in [9.17, 15) is 13.2 Å². The third-order valence-corrected chi connectivity index (χ3v) is 1.30. The molecule has 0 amide bonds. The van der Waals surface area contributed by atoms with Crippen LogP contribution in [0, 0.1) is 5.92 Å². The van der Waals surface area contributed by atoms with Gasteiger partial charge in [0.2, 0.25) is 0 Å². The Morgan fingerprint density at radius 1 is 1.43 bits per heavy atom. The molecule has 0 aromatic carbocycles. The van der Waals surface area contributed by atoms with E-state index in [0.29, 0.717) is 0 Å². The van der Waals surface area contributed by atoms with Crippen molar-refractivity contribution in [3.05, 3.63) is 0 Å². The molecule has 0 aromatic rings. The fourth-order valence-corrected chi connectivity index (χ4v) is 0.432. The van der Waals surface area contributed by atoms with E-state index in [1.807, 2.05) is 0 Å². The van der Waals surface area contributed by atoms with Crippen molar-refractivity contribution in [1.29, 1.82) is 0 Å². The van der Waals surface area contributed by atoms with Crippen LogP contribution in [0.25, 0.3) is 0 Å². The molecule has 0 aromatic heterocycles. The summed E-state index contributed by atoms with van der Waals surface area (Å²) in [6.45, 7) is 1.20. The van der Waals surface area contributed by atoms with Crippen molar-refractivity contribution >= 4 is 0 Å². The summed E-state index contributed by atoms with van der Waals surface area (Å²) in [6.07, 6.45) is -1.87. The number of alkyl halides is 3. The average Bonchev–Trinajstić information content (AvgIpc) is 1.91. The van der Waals surface area contributed by atoms with Gasteiger partial charge in [0.15, 0.2) is 6.17 Å². The van der Waals surface area contributed by atoms with Gasteiger partial charge in [0.05, 0.1) is 5.92 Å². The molecular weight excluding hydrogens is 105 g/mol. The van der Waals surface area contributed by atoms with E-state index in [0.717, 1.165) is 0 Å². The maximum absolute atomic E-state index is 11.5. The quantitative estimate of drug-likeness (QED) is 0.444. The van der Waals surface area contributed by atoms with Gasteiger partial charge in [-0.25, -0.2) is 13.2 Å². The van der Waals surface area contributed by atoms with E-state index in [2.05, 4.69) is 0 Å². The number of rotatable bonds is 0. The van der Waals surface area contributed by atoms with E-state index < -0.39 is 18.0 Å². The van der Waals surface area contributed by atoms with Crippen LogP contribution in [0.4, 0.5) is 13.2 Å². The first-order valence-corrected chi connectivity index (χ1v) is 2.08. The molecule has 1 aliphatic rings. The van der Waals surface area contributed by atoms with Crippen LogP contribution in [0.5, 0.6) is 0 Å². The molecule has 1 rings (SSSR count). The Hall–Kier alpha value is -0.210. The van der Waals surface area contributed by atoms with Crippen molar-refractivity contribution in [2.75, 3.05) is 0 Å². The maximum atomic E-state index is 11.5. The standard InChI is InChI=1S/C4H5F3/c1-2-3(5)4(2,6)7/h2-3H,1H3. The van der Waals surface area contributed by atoms with Crippen molar-refractivity contribution in [2.24, 2.45) is 5.92 Å². The molecule has 2 atom stereocenters.